The van der Waals surface area contributed by atoms with Gasteiger partial charge in [0.15, 0.2) is 0 Å². The third kappa shape index (κ3) is 3.95. The molecule has 0 fully saturated rings. The summed E-state index contributed by atoms with van der Waals surface area (Å²) in [7, 11) is 1.54. The molecule has 148 valence electrons. The van der Waals surface area contributed by atoms with Crippen LogP contribution in [-0.2, 0) is 16.1 Å². The number of carbonyl (C=O) groups is 2. The number of benzene rings is 2. The van der Waals surface area contributed by atoms with Gasteiger partial charge in [0.25, 0.3) is 0 Å². The molecule has 1 aliphatic rings. The molecule has 4 rings (SSSR count). The van der Waals surface area contributed by atoms with E-state index in [0.717, 1.165) is 11.1 Å². The molecule has 1 aliphatic heterocycles. The lowest BCUT2D eigenvalue weighted by Crippen LogP contribution is -2.36. The van der Waals surface area contributed by atoms with Crippen molar-refractivity contribution in [1.82, 2.24) is 9.78 Å². The summed E-state index contributed by atoms with van der Waals surface area (Å²) < 4.78 is 6.95. The maximum atomic E-state index is 12.6. The number of nitrogens with zero attached hydrogens (tertiary/aromatic N) is 2. The van der Waals surface area contributed by atoms with Crippen molar-refractivity contribution in [3.05, 3.63) is 59.8 Å². The Bertz CT molecular complexity index is 1060. The lowest BCUT2D eigenvalue weighted by Gasteiger charge is -2.24. The van der Waals surface area contributed by atoms with Crippen LogP contribution in [0.1, 0.15) is 6.42 Å². The molecule has 2 N–H and O–H groups in total. The lowest BCUT2D eigenvalue weighted by atomic mass is 10.0. The first-order valence-electron chi connectivity index (χ1n) is 9.10. The number of methoxy groups -OCH3 is 1. The van der Waals surface area contributed by atoms with E-state index in [-0.39, 0.29) is 18.2 Å². The van der Waals surface area contributed by atoms with E-state index in [0.29, 0.717) is 28.8 Å². The molecule has 0 bridgehead atoms. The number of rotatable bonds is 5. The summed E-state index contributed by atoms with van der Waals surface area (Å²) in [5.74, 6) is 0.205. The Morgan fingerprint density at radius 3 is 2.79 bits per heavy atom. The summed E-state index contributed by atoms with van der Waals surface area (Å²) in [6.07, 6.45) is 1.75. The maximum Gasteiger partial charge on any atom is 0.231 e. The number of fused-ring (bicyclic) bond motifs is 1. The third-order valence-electron chi connectivity index (χ3n) is 4.81. The van der Waals surface area contributed by atoms with Crippen molar-refractivity contribution >= 4 is 34.9 Å². The first-order valence-corrected chi connectivity index (χ1v) is 9.48. The highest BCUT2D eigenvalue weighted by Gasteiger charge is 2.30. The van der Waals surface area contributed by atoms with E-state index >= 15 is 0 Å². The van der Waals surface area contributed by atoms with Gasteiger partial charge < -0.3 is 15.4 Å². The van der Waals surface area contributed by atoms with Gasteiger partial charge in [-0.05, 0) is 29.8 Å². The summed E-state index contributed by atoms with van der Waals surface area (Å²) in [6, 6.07) is 14.5. The number of amides is 2. The number of anilines is 2. The average Bonchev–Trinajstić information content (AvgIpc) is 3.12. The van der Waals surface area contributed by atoms with Crippen molar-refractivity contribution in [3.63, 3.8) is 0 Å². The summed E-state index contributed by atoms with van der Waals surface area (Å²) in [6.45, 7) is 0.327. The fourth-order valence-corrected chi connectivity index (χ4v) is 3.46. The van der Waals surface area contributed by atoms with Crippen LogP contribution >= 0.6 is 11.6 Å². The lowest BCUT2D eigenvalue weighted by molar-refractivity contribution is -0.125. The molecular formula is C21H19ClN4O3. The van der Waals surface area contributed by atoms with Gasteiger partial charge in [-0.2, -0.15) is 5.10 Å². The van der Waals surface area contributed by atoms with Crippen molar-refractivity contribution in [2.45, 2.75) is 13.0 Å². The Morgan fingerprint density at radius 2 is 2.03 bits per heavy atom. The zero-order chi connectivity index (χ0) is 20.4. The minimum Gasteiger partial charge on any atom is -0.495 e. The molecule has 2 amide bonds. The Morgan fingerprint density at radius 1 is 1.28 bits per heavy atom. The second-order valence-corrected chi connectivity index (χ2v) is 7.17. The molecule has 1 aromatic heterocycles. The van der Waals surface area contributed by atoms with Crippen LogP contribution in [0.3, 0.4) is 0 Å². The van der Waals surface area contributed by atoms with E-state index in [1.165, 1.54) is 7.11 Å². The molecule has 8 heteroatoms. The van der Waals surface area contributed by atoms with Crippen LogP contribution in [0.2, 0.25) is 5.02 Å². The number of hydrogen-bond acceptors (Lipinski definition) is 4. The van der Waals surface area contributed by atoms with E-state index in [4.69, 9.17) is 16.3 Å². The number of halogens is 1. The van der Waals surface area contributed by atoms with E-state index in [1.807, 2.05) is 18.2 Å². The van der Waals surface area contributed by atoms with Crippen LogP contribution < -0.4 is 15.4 Å². The Hall–Kier alpha value is -3.32. The molecule has 0 unspecified atom stereocenters. The van der Waals surface area contributed by atoms with Crippen molar-refractivity contribution in [1.29, 1.82) is 0 Å². The van der Waals surface area contributed by atoms with Gasteiger partial charge in [0, 0.05) is 17.0 Å². The SMILES string of the molecule is COc1ccccc1NC(=O)C[C@@H]1Cn2ncc(-c3ccc(Cl)cc3)c2NC1=O. The maximum absolute atomic E-state index is 12.6. The number of para-hydroxylation sites is 2. The molecule has 0 radical (unpaired) electrons. The fraction of sp³-hybridized carbons (Fsp3) is 0.190. The number of aromatic nitrogens is 2. The number of carbonyl (C=O) groups excluding carboxylic acids is 2. The monoisotopic (exact) mass is 410 g/mol. The van der Waals surface area contributed by atoms with Crippen LogP contribution in [0.4, 0.5) is 11.5 Å². The third-order valence-corrected chi connectivity index (χ3v) is 5.07. The standard InChI is InChI=1S/C21H19ClN4O3/c1-29-18-5-3-2-4-17(18)24-19(27)10-14-12-26-20(25-21(14)28)16(11-23-26)13-6-8-15(22)9-7-13/h2-9,11,14H,10,12H2,1H3,(H,24,27)(H,25,28)/t14-/m1/s1. The minimum absolute atomic E-state index is 0.0411. The molecule has 0 aliphatic carbocycles. The molecule has 0 saturated heterocycles. The van der Waals surface area contributed by atoms with Crippen LogP contribution in [0.15, 0.2) is 54.7 Å². The van der Waals surface area contributed by atoms with Crippen molar-refractivity contribution in [2.75, 3.05) is 17.7 Å². The van der Waals surface area contributed by atoms with E-state index < -0.39 is 5.92 Å². The first kappa shape index (κ1) is 19.0. The van der Waals surface area contributed by atoms with Gasteiger partial charge in [-0.3, -0.25) is 9.59 Å². The molecular weight excluding hydrogens is 392 g/mol. The predicted molar refractivity (Wildman–Crippen MR) is 111 cm³/mol. The van der Waals surface area contributed by atoms with Crippen LogP contribution in [-0.4, -0.2) is 28.7 Å². The predicted octanol–water partition coefficient (Wildman–Crippen LogP) is 3.81. The Kier molecular flexibility index (Phi) is 5.22. The topological polar surface area (TPSA) is 85.2 Å². The van der Waals surface area contributed by atoms with Gasteiger partial charge in [-0.25, -0.2) is 4.68 Å². The molecule has 2 aromatic carbocycles. The molecule has 2 heterocycles. The highest BCUT2D eigenvalue weighted by Crippen LogP contribution is 2.33. The molecule has 3 aromatic rings. The Labute approximate surface area is 172 Å². The van der Waals surface area contributed by atoms with Crippen LogP contribution in [0, 0.1) is 5.92 Å². The quantitative estimate of drug-likeness (QED) is 0.669. The van der Waals surface area contributed by atoms with Gasteiger partial charge in [-0.15, -0.1) is 0 Å². The molecule has 29 heavy (non-hydrogen) atoms. The van der Waals surface area contributed by atoms with Gasteiger partial charge in [0.05, 0.1) is 31.5 Å². The van der Waals surface area contributed by atoms with Crippen molar-refractivity contribution in [2.24, 2.45) is 5.92 Å². The summed E-state index contributed by atoms with van der Waals surface area (Å²) >= 11 is 5.95. The van der Waals surface area contributed by atoms with Crippen molar-refractivity contribution in [3.8, 4) is 16.9 Å². The van der Waals surface area contributed by atoms with E-state index in [2.05, 4.69) is 15.7 Å². The van der Waals surface area contributed by atoms with E-state index in [1.54, 1.807) is 41.2 Å². The molecule has 7 nitrogen and oxygen atoms in total. The van der Waals surface area contributed by atoms with E-state index in [9.17, 15) is 9.59 Å². The fourth-order valence-electron chi connectivity index (χ4n) is 3.34. The Balaban J connectivity index is 1.48. The van der Waals surface area contributed by atoms with Crippen LogP contribution in [0.5, 0.6) is 5.75 Å². The van der Waals surface area contributed by atoms with Gasteiger partial charge in [-0.1, -0.05) is 35.9 Å². The molecule has 1 atom stereocenters. The second kappa shape index (κ2) is 7.97. The summed E-state index contributed by atoms with van der Waals surface area (Å²) in [5, 5.41) is 10.7. The zero-order valence-electron chi connectivity index (χ0n) is 15.7. The average molecular weight is 411 g/mol. The first-order chi connectivity index (χ1) is 14.0. The highest BCUT2D eigenvalue weighted by atomic mass is 35.5. The molecule has 0 saturated carbocycles. The van der Waals surface area contributed by atoms with Crippen molar-refractivity contribution < 1.29 is 14.3 Å². The highest BCUT2D eigenvalue weighted by molar-refractivity contribution is 6.30. The molecule has 0 spiro atoms. The van der Waals surface area contributed by atoms with Gasteiger partial charge in [0.2, 0.25) is 11.8 Å². The second-order valence-electron chi connectivity index (χ2n) is 6.73. The normalized spacial score (nSPS) is 15.4. The minimum atomic E-state index is -0.518. The van der Waals surface area contributed by atoms with Crippen LogP contribution in [0.25, 0.3) is 11.1 Å². The van der Waals surface area contributed by atoms with Gasteiger partial charge >= 0.3 is 0 Å². The van der Waals surface area contributed by atoms with Gasteiger partial charge in [0.1, 0.15) is 11.6 Å². The smallest absolute Gasteiger partial charge is 0.231 e. The largest absolute Gasteiger partial charge is 0.495 e. The number of nitrogens with one attached hydrogen (secondary N) is 2. The number of ether oxygens (including phenoxy) is 1. The number of hydrogen-bond donors (Lipinski definition) is 2. The summed E-state index contributed by atoms with van der Waals surface area (Å²) in [4.78, 5) is 25.1. The summed E-state index contributed by atoms with van der Waals surface area (Å²) in [5.41, 5.74) is 2.29. The zero-order valence-corrected chi connectivity index (χ0v) is 16.4.